The molecule has 0 spiro atoms. The number of nitrogens with one attached hydrogen (secondary N) is 1. The van der Waals surface area contributed by atoms with Crippen LogP contribution in [0.1, 0.15) is 31.4 Å². The van der Waals surface area contributed by atoms with Crippen molar-refractivity contribution in [3.8, 4) is 17.1 Å². The number of carbonyl (C=O) groups is 1. The Balaban J connectivity index is 1.28. The highest BCUT2D eigenvalue weighted by molar-refractivity contribution is 5.78. The highest BCUT2D eigenvalue weighted by atomic mass is 16.5. The number of rotatable bonds is 8. The van der Waals surface area contributed by atoms with E-state index in [0.717, 1.165) is 43.0 Å². The van der Waals surface area contributed by atoms with Crippen molar-refractivity contribution in [3.63, 3.8) is 0 Å². The van der Waals surface area contributed by atoms with Gasteiger partial charge in [0, 0.05) is 5.92 Å². The van der Waals surface area contributed by atoms with E-state index < -0.39 is 0 Å². The lowest BCUT2D eigenvalue weighted by atomic mass is 9.96. The first-order valence-electron chi connectivity index (χ1n) is 10.3. The van der Waals surface area contributed by atoms with E-state index in [0.29, 0.717) is 31.4 Å². The Morgan fingerprint density at radius 2 is 2.07 bits per heavy atom. The van der Waals surface area contributed by atoms with E-state index in [9.17, 15) is 4.79 Å². The second kappa shape index (κ2) is 9.58. The minimum atomic E-state index is 0.0209. The molecular weight excluding hydrogens is 384 g/mol. The molecule has 2 aromatic heterocycles. The van der Waals surface area contributed by atoms with Crippen molar-refractivity contribution in [2.75, 3.05) is 19.7 Å². The maximum Gasteiger partial charge on any atom is 0.241 e. The molecule has 0 radical (unpaired) electrons. The Morgan fingerprint density at radius 1 is 1.23 bits per heavy atom. The normalized spacial score (nSPS) is 15.2. The quantitative estimate of drug-likeness (QED) is 0.609. The van der Waals surface area contributed by atoms with Crippen LogP contribution in [0, 0.1) is 5.92 Å². The number of hydrogen-bond donors (Lipinski definition) is 1. The van der Waals surface area contributed by atoms with Crippen molar-refractivity contribution >= 4 is 5.91 Å². The Kier molecular flexibility index (Phi) is 6.44. The molecule has 8 heteroatoms. The first kappa shape index (κ1) is 20.2. The fraction of sp³-hybridized carbons (Fsp3) is 0.409. The van der Waals surface area contributed by atoms with E-state index in [4.69, 9.17) is 13.7 Å². The van der Waals surface area contributed by atoms with Gasteiger partial charge < -0.3 is 19.0 Å². The van der Waals surface area contributed by atoms with Crippen LogP contribution in [0.3, 0.4) is 0 Å². The number of likely N-dealkylation sites (tertiary alicyclic amines) is 1. The van der Waals surface area contributed by atoms with Gasteiger partial charge in [0.2, 0.25) is 17.6 Å². The fourth-order valence-corrected chi connectivity index (χ4v) is 3.64. The molecule has 3 heterocycles. The van der Waals surface area contributed by atoms with Gasteiger partial charge in [-0.25, -0.2) is 0 Å². The van der Waals surface area contributed by atoms with Crippen LogP contribution >= 0.6 is 0 Å². The summed E-state index contributed by atoms with van der Waals surface area (Å²) in [5, 5.41) is 7.07. The molecular formula is C22H26N4O4. The van der Waals surface area contributed by atoms with Crippen LogP contribution in [-0.2, 0) is 17.9 Å². The first-order chi connectivity index (χ1) is 14.7. The summed E-state index contributed by atoms with van der Waals surface area (Å²) in [5.41, 5.74) is 0.821. The van der Waals surface area contributed by atoms with Crippen molar-refractivity contribution < 1.29 is 18.5 Å². The zero-order valence-corrected chi connectivity index (χ0v) is 17.0. The Bertz CT molecular complexity index is 946. The standard InChI is InChI=1S/C22H26N4O4/c1-2-28-19-8-4-3-7-18(19)21-24-20(30-25-21)15-26-11-9-16(10-12-26)22(27)23-14-17-6-5-13-29-17/h3-8,13,16H,2,9-12,14-15H2,1H3,(H,23,27). The molecule has 30 heavy (non-hydrogen) atoms. The fourth-order valence-electron chi connectivity index (χ4n) is 3.64. The summed E-state index contributed by atoms with van der Waals surface area (Å²) in [6.45, 7) is 5.15. The summed E-state index contributed by atoms with van der Waals surface area (Å²) in [6.07, 6.45) is 3.22. The SMILES string of the molecule is CCOc1ccccc1-c1noc(CN2CCC(C(=O)NCc3ccco3)CC2)n1. The maximum atomic E-state index is 12.4. The predicted molar refractivity (Wildman–Crippen MR) is 109 cm³/mol. The van der Waals surface area contributed by atoms with E-state index >= 15 is 0 Å². The number of para-hydroxylation sites is 1. The summed E-state index contributed by atoms with van der Waals surface area (Å²) < 4.78 is 16.4. The molecule has 0 bridgehead atoms. The molecule has 1 aliphatic rings. The van der Waals surface area contributed by atoms with Crippen LogP contribution in [0.25, 0.3) is 11.4 Å². The second-order valence-corrected chi connectivity index (χ2v) is 7.29. The minimum Gasteiger partial charge on any atom is -0.493 e. The van der Waals surface area contributed by atoms with Gasteiger partial charge in [0.05, 0.1) is 31.5 Å². The zero-order valence-electron chi connectivity index (χ0n) is 17.0. The molecule has 1 aromatic carbocycles. The summed E-state index contributed by atoms with van der Waals surface area (Å²) in [4.78, 5) is 19.2. The number of nitrogens with zero attached hydrogens (tertiary/aromatic N) is 3. The average molecular weight is 410 g/mol. The van der Waals surface area contributed by atoms with Crippen LogP contribution in [0.2, 0.25) is 0 Å². The van der Waals surface area contributed by atoms with Gasteiger partial charge in [0.1, 0.15) is 11.5 Å². The summed E-state index contributed by atoms with van der Waals surface area (Å²) >= 11 is 0. The predicted octanol–water partition coefficient (Wildman–Crippen LogP) is 3.26. The number of carbonyl (C=O) groups excluding carboxylic acids is 1. The molecule has 4 rings (SSSR count). The van der Waals surface area contributed by atoms with Crippen LogP contribution in [0.5, 0.6) is 5.75 Å². The van der Waals surface area contributed by atoms with Crippen LogP contribution < -0.4 is 10.1 Å². The van der Waals surface area contributed by atoms with Crippen molar-refractivity contribution in [2.24, 2.45) is 5.92 Å². The van der Waals surface area contributed by atoms with E-state index in [1.165, 1.54) is 0 Å². The third kappa shape index (κ3) is 4.88. The maximum absolute atomic E-state index is 12.4. The highest BCUT2D eigenvalue weighted by Gasteiger charge is 2.26. The number of aromatic nitrogens is 2. The van der Waals surface area contributed by atoms with E-state index in [-0.39, 0.29) is 11.8 Å². The van der Waals surface area contributed by atoms with Gasteiger partial charge in [0.25, 0.3) is 0 Å². The Labute approximate surface area is 175 Å². The van der Waals surface area contributed by atoms with Gasteiger partial charge in [0.15, 0.2) is 0 Å². The lowest BCUT2D eigenvalue weighted by Gasteiger charge is -2.30. The molecule has 8 nitrogen and oxygen atoms in total. The number of benzene rings is 1. The van der Waals surface area contributed by atoms with E-state index in [2.05, 4.69) is 20.4 Å². The monoisotopic (exact) mass is 410 g/mol. The average Bonchev–Trinajstić information content (AvgIpc) is 3.45. The number of amides is 1. The van der Waals surface area contributed by atoms with Crippen molar-refractivity contribution in [3.05, 3.63) is 54.3 Å². The lowest BCUT2D eigenvalue weighted by molar-refractivity contribution is -0.126. The van der Waals surface area contributed by atoms with Crippen LogP contribution in [0.4, 0.5) is 0 Å². The number of hydrogen-bond acceptors (Lipinski definition) is 7. The number of ether oxygens (including phenoxy) is 1. The Hall–Kier alpha value is -3.13. The van der Waals surface area contributed by atoms with Gasteiger partial charge in [-0.05, 0) is 57.1 Å². The van der Waals surface area contributed by atoms with Crippen molar-refractivity contribution in [1.82, 2.24) is 20.4 Å². The number of piperidine rings is 1. The molecule has 1 N–H and O–H groups in total. The molecule has 1 saturated heterocycles. The molecule has 0 saturated carbocycles. The van der Waals surface area contributed by atoms with Gasteiger partial charge >= 0.3 is 0 Å². The van der Waals surface area contributed by atoms with Gasteiger partial charge in [-0.15, -0.1) is 0 Å². The third-order valence-electron chi connectivity index (χ3n) is 5.23. The molecule has 1 aliphatic heterocycles. The molecule has 0 aliphatic carbocycles. The second-order valence-electron chi connectivity index (χ2n) is 7.29. The topological polar surface area (TPSA) is 93.6 Å². The zero-order chi connectivity index (χ0) is 20.8. The summed E-state index contributed by atoms with van der Waals surface area (Å²) in [5.74, 6) is 2.71. The largest absolute Gasteiger partial charge is 0.493 e. The smallest absolute Gasteiger partial charge is 0.241 e. The highest BCUT2D eigenvalue weighted by Crippen LogP contribution is 2.28. The van der Waals surface area contributed by atoms with Gasteiger partial charge in [-0.2, -0.15) is 4.98 Å². The van der Waals surface area contributed by atoms with Gasteiger partial charge in [-0.3, -0.25) is 9.69 Å². The third-order valence-corrected chi connectivity index (χ3v) is 5.23. The van der Waals surface area contributed by atoms with Crippen molar-refractivity contribution in [1.29, 1.82) is 0 Å². The van der Waals surface area contributed by atoms with Crippen LogP contribution in [0.15, 0.2) is 51.6 Å². The molecule has 0 unspecified atom stereocenters. The lowest BCUT2D eigenvalue weighted by Crippen LogP contribution is -2.40. The van der Waals surface area contributed by atoms with Gasteiger partial charge in [-0.1, -0.05) is 17.3 Å². The molecule has 1 fully saturated rings. The van der Waals surface area contributed by atoms with Crippen LogP contribution in [-0.4, -0.2) is 40.6 Å². The molecule has 1 amide bonds. The summed E-state index contributed by atoms with van der Waals surface area (Å²) in [7, 11) is 0. The summed E-state index contributed by atoms with van der Waals surface area (Å²) in [6, 6.07) is 11.3. The molecule has 158 valence electrons. The van der Waals surface area contributed by atoms with E-state index in [1.807, 2.05) is 43.3 Å². The minimum absolute atomic E-state index is 0.0209. The number of furan rings is 1. The van der Waals surface area contributed by atoms with E-state index in [1.54, 1.807) is 6.26 Å². The first-order valence-corrected chi connectivity index (χ1v) is 10.3. The Morgan fingerprint density at radius 3 is 2.83 bits per heavy atom. The molecule has 3 aromatic rings. The molecule has 0 atom stereocenters. The van der Waals surface area contributed by atoms with Crippen molar-refractivity contribution in [2.45, 2.75) is 32.9 Å².